The van der Waals surface area contributed by atoms with Crippen LogP contribution in [-0.2, 0) is 0 Å². The van der Waals surface area contributed by atoms with Crippen molar-refractivity contribution in [1.82, 2.24) is 15.8 Å². The first-order valence-corrected chi connectivity index (χ1v) is 7.60. The average molecular weight is 304 g/mol. The molecule has 1 saturated carbocycles. The van der Waals surface area contributed by atoms with E-state index in [4.69, 9.17) is 0 Å². The fourth-order valence-corrected chi connectivity index (χ4v) is 3.50. The van der Waals surface area contributed by atoms with Crippen molar-refractivity contribution >= 4 is 16.5 Å². The lowest BCUT2D eigenvalue weighted by molar-refractivity contribution is -0.0563. The maximum Gasteiger partial charge on any atom is 0.248 e. The highest BCUT2D eigenvalue weighted by Crippen LogP contribution is 2.40. The van der Waals surface area contributed by atoms with Crippen LogP contribution in [0.15, 0.2) is 36.7 Å². The van der Waals surface area contributed by atoms with Gasteiger partial charge in [0.15, 0.2) is 0 Å². The number of hydrogen-bond acceptors (Lipinski definition) is 4. The number of fused-ring (bicyclic) bond motifs is 2. The number of hydrazine groups is 1. The maximum absolute atomic E-state index is 13.7. The number of anilines is 1. The van der Waals surface area contributed by atoms with Gasteiger partial charge in [0.2, 0.25) is 5.92 Å². The number of rotatable bonds is 2. The second-order valence-electron chi connectivity index (χ2n) is 6.22. The van der Waals surface area contributed by atoms with Crippen molar-refractivity contribution in [2.75, 3.05) is 5.32 Å². The van der Waals surface area contributed by atoms with Gasteiger partial charge in [-0.1, -0.05) is 6.07 Å². The van der Waals surface area contributed by atoms with Crippen LogP contribution in [-0.4, -0.2) is 23.1 Å². The molecule has 1 aromatic heterocycles. The van der Waals surface area contributed by atoms with E-state index in [2.05, 4.69) is 21.2 Å². The van der Waals surface area contributed by atoms with Gasteiger partial charge in [-0.25, -0.2) is 14.2 Å². The van der Waals surface area contributed by atoms with Crippen molar-refractivity contribution in [2.45, 2.75) is 37.4 Å². The van der Waals surface area contributed by atoms with E-state index in [0.29, 0.717) is 6.42 Å². The molecule has 3 atom stereocenters. The number of benzene rings is 1. The van der Waals surface area contributed by atoms with Crippen molar-refractivity contribution in [3.63, 3.8) is 0 Å². The SMILES string of the molecule is FC1(F)CCC2NNC(Nc3ccc4cnccc4c3)C2C1. The van der Waals surface area contributed by atoms with Gasteiger partial charge < -0.3 is 5.32 Å². The summed E-state index contributed by atoms with van der Waals surface area (Å²) in [5.74, 6) is -2.67. The molecule has 2 aromatic rings. The first-order valence-electron chi connectivity index (χ1n) is 7.60. The van der Waals surface area contributed by atoms with E-state index in [1.807, 2.05) is 30.5 Å². The van der Waals surface area contributed by atoms with Gasteiger partial charge in [0, 0.05) is 48.3 Å². The highest BCUT2D eigenvalue weighted by atomic mass is 19.3. The molecule has 0 bridgehead atoms. The van der Waals surface area contributed by atoms with Crippen molar-refractivity contribution in [2.24, 2.45) is 5.92 Å². The summed E-state index contributed by atoms with van der Waals surface area (Å²) in [5, 5.41) is 5.49. The smallest absolute Gasteiger partial charge is 0.248 e. The predicted molar refractivity (Wildman–Crippen MR) is 81.5 cm³/mol. The standard InChI is InChI=1S/C16H18F2N4/c17-16(18)5-3-14-13(8-16)15(22-21-14)20-12-2-1-11-9-19-6-4-10(11)7-12/h1-2,4,6-7,9,13-15,20-22H,3,5,8H2. The molecule has 4 nitrogen and oxygen atoms in total. The van der Waals surface area contributed by atoms with Crippen LogP contribution in [0.1, 0.15) is 19.3 Å². The summed E-state index contributed by atoms with van der Waals surface area (Å²) in [4.78, 5) is 4.09. The van der Waals surface area contributed by atoms with Crippen LogP contribution >= 0.6 is 0 Å². The Balaban J connectivity index is 1.54. The van der Waals surface area contributed by atoms with Gasteiger partial charge in [0.25, 0.3) is 0 Å². The topological polar surface area (TPSA) is 49.0 Å². The summed E-state index contributed by atoms with van der Waals surface area (Å²) in [5.41, 5.74) is 7.20. The number of alkyl halides is 2. The monoisotopic (exact) mass is 304 g/mol. The van der Waals surface area contributed by atoms with Crippen LogP contribution in [0.3, 0.4) is 0 Å². The first kappa shape index (κ1) is 13.8. The van der Waals surface area contributed by atoms with E-state index in [0.717, 1.165) is 16.5 Å². The van der Waals surface area contributed by atoms with Crippen LogP contribution in [0.5, 0.6) is 0 Å². The Labute approximate surface area is 127 Å². The van der Waals surface area contributed by atoms with E-state index in [-0.39, 0.29) is 31.0 Å². The second kappa shape index (κ2) is 5.14. The molecule has 4 rings (SSSR count). The van der Waals surface area contributed by atoms with E-state index in [1.165, 1.54) is 0 Å². The molecule has 116 valence electrons. The molecule has 3 unspecified atom stereocenters. The largest absolute Gasteiger partial charge is 0.368 e. The van der Waals surface area contributed by atoms with Gasteiger partial charge in [0.1, 0.15) is 0 Å². The van der Waals surface area contributed by atoms with Gasteiger partial charge in [-0.3, -0.25) is 10.4 Å². The Kier molecular flexibility index (Phi) is 3.23. The Bertz CT molecular complexity index is 691. The van der Waals surface area contributed by atoms with Crippen LogP contribution in [0.2, 0.25) is 0 Å². The molecule has 2 fully saturated rings. The zero-order valence-corrected chi connectivity index (χ0v) is 12.0. The van der Waals surface area contributed by atoms with Gasteiger partial charge in [0.05, 0.1) is 6.17 Å². The lowest BCUT2D eigenvalue weighted by atomic mass is 9.82. The van der Waals surface area contributed by atoms with Gasteiger partial charge in [-0.15, -0.1) is 0 Å². The molecule has 0 spiro atoms. The number of halogens is 2. The molecule has 2 aliphatic rings. The summed E-state index contributed by atoms with van der Waals surface area (Å²) in [6, 6.07) is 8.02. The quantitative estimate of drug-likeness (QED) is 0.798. The minimum Gasteiger partial charge on any atom is -0.368 e. The number of hydrogen-bond donors (Lipinski definition) is 3. The predicted octanol–water partition coefficient (Wildman–Crippen LogP) is 2.88. The first-order chi connectivity index (χ1) is 10.6. The second-order valence-corrected chi connectivity index (χ2v) is 6.22. The average Bonchev–Trinajstić information content (AvgIpc) is 2.88. The molecule has 1 saturated heterocycles. The van der Waals surface area contributed by atoms with E-state index < -0.39 is 5.92 Å². The third-order valence-corrected chi connectivity index (χ3v) is 4.69. The van der Waals surface area contributed by atoms with Gasteiger partial charge >= 0.3 is 0 Å². The minimum atomic E-state index is -2.55. The van der Waals surface area contributed by atoms with Gasteiger partial charge in [-0.2, -0.15) is 0 Å². The zero-order chi connectivity index (χ0) is 15.2. The van der Waals surface area contributed by atoms with Gasteiger partial charge in [-0.05, 0) is 30.0 Å². The molecule has 3 N–H and O–H groups in total. The third-order valence-electron chi connectivity index (χ3n) is 4.69. The van der Waals surface area contributed by atoms with Crippen LogP contribution < -0.4 is 16.2 Å². The molecule has 6 heteroatoms. The zero-order valence-electron chi connectivity index (χ0n) is 12.0. The van der Waals surface area contributed by atoms with E-state index in [1.54, 1.807) is 6.20 Å². The van der Waals surface area contributed by atoms with Crippen molar-refractivity contribution in [3.05, 3.63) is 36.7 Å². The molecular formula is C16H18F2N4. The Morgan fingerprint density at radius 1 is 1.18 bits per heavy atom. The Morgan fingerprint density at radius 2 is 2.09 bits per heavy atom. The van der Waals surface area contributed by atoms with Crippen molar-refractivity contribution in [1.29, 1.82) is 0 Å². The molecular weight excluding hydrogens is 286 g/mol. The van der Waals surface area contributed by atoms with Crippen LogP contribution in [0.4, 0.5) is 14.5 Å². The van der Waals surface area contributed by atoms with Crippen LogP contribution in [0, 0.1) is 5.92 Å². The normalized spacial score (nSPS) is 30.2. The number of pyridine rings is 1. The van der Waals surface area contributed by atoms with Crippen LogP contribution in [0.25, 0.3) is 10.8 Å². The Hall–Kier alpha value is -1.79. The lowest BCUT2D eigenvalue weighted by Crippen LogP contribution is -2.41. The summed E-state index contributed by atoms with van der Waals surface area (Å²) in [7, 11) is 0. The summed E-state index contributed by atoms with van der Waals surface area (Å²) >= 11 is 0. The third kappa shape index (κ3) is 2.53. The molecule has 0 amide bonds. The van der Waals surface area contributed by atoms with Crippen molar-refractivity contribution < 1.29 is 8.78 Å². The fraction of sp³-hybridized carbons (Fsp3) is 0.438. The lowest BCUT2D eigenvalue weighted by Gasteiger charge is -2.33. The number of nitrogens with zero attached hydrogens (tertiary/aromatic N) is 1. The summed E-state index contributed by atoms with van der Waals surface area (Å²) in [6.45, 7) is 0. The summed E-state index contributed by atoms with van der Waals surface area (Å²) in [6.07, 6.45) is 3.78. The number of nitrogens with one attached hydrogen (secondary N) is 3. The Morgan fingerprint density at radius 3 is 3.00 bits per heavy atom. The van der Waals surface area contributed by atoms with E-state index >= 15 is 0 Å². The summed E-state index contributed by atoms with van der Waals surface area (Å²) < 4.78 is 27.3. The highest BCUT2D eigenvalue weighted by Gasteiger charge is 2.47. The highest BCUT2D eigenvalue weighted by molar-refractivity contribution is 5.84. The number of aromatic nitrogens is 1. The van der Waals surface area contributed by atoms with Crippen molar-refractivity contribution in [3.8, 4) is 0 Å². The molecule has 0 radical (unpaired) electrons. The maximum atomic E-state index is 13.7. The molecule has 1 aromatic carbocycles. The molecule has 1 aliphatic carbocycles. The van der Waals surface area contributed by atoms with E-state index in [9.17, 15) is 8.78 Å². The molecule has 2 heterocycles. The fourth-order valence-electron chi connectivity index (χ4n) is 3.50. The molecule has 1 aliphatic heterocycles. The molecule has 22 heavy (non-hydrogen) atoms. The minimum absolute atomic E-state index is 0.0292.